The number of rotatable bonds is 0. The Morgan fingerprint density at radius 1 is 1.12 bits per heavy atom. The van der Waals surface area contributed by atoms with Crippen molar-refractivity contribution in [3.05, 3.63) is 28.8 Å². The van der Waals surface area contributed by atoms with E-state index in [1.165, 1.54) is 16.7 Å². The van der Waals surface area contributed by atoms with Crippen molar-refractivity contribution >= 4 is 5.97 Å². The van der Waals surface area contributed by atoms with Crippen molar-refractivity contribution in [2.45, 2.75) is 38.1 Å². The van der Waals surface area contributed by atoms with E-state index in [4.69, 9.17) is 10.5 Å². The Morgan fingerprint density at radius 2 is 1.88 bits per heavy atom. The zero-order valence-electron chi connectivity index (χ0n) is 9.16. The van der Waals surface area contributed by atoms with Crippen molar-refractivity contribution in [3.63, 3.8) is 0 Å². The topological polar surface area (TPSA) is 52.3 Å². The summed E-state index contributed by atoms with van der Waals surface area (Å²) in [5, 5.41) is 0. The number of benzene rings is 1. The molecule has 0 amide bonds. The van der Waals surface area contributed by atoms with Crippen LogP contribution < -0.4 is 10.5 Å². The first kappa shape index (κ1) is 9.85. The van der Waals surface area contributed by atoms with E-state index in [0.29, 0.717) is 6.42 Å². The van der Waals surface area contributed by atoms with Crippen LogP contribution in [0.15, 0.2) is 12.1 Å². The highest BCUT2D eigenvalue weighted by Crippen LogP contribution is 2.32. The van der Waals surface area contributed by atoms with Gasteiger partial charge in [0.15, 0.2) is 0 Å². The summed E-state index contributed by atoms with van der Waals surface area (Å²) in [6.07, 6.45) is 4.20. The molecule has 2 N–H and O–H groups in total. The van der Waals surface area contributed by atoms with E-state index in [0.717, 1.165) is 31.4 Å². The molecule has 0 saturated heterocycles. The van der Waals surface area contributed by atoms with E-state index in [1.54, 1.807) is 0 Å². The Morgan fingerprint density at radius 3 is 2.69 bits per heavy atom. The molecule has 1 aliphatic heterocycles. The van der Waals surface area contributed by atoms with Gasteiger partial charge in [-0.15, -0.1) is 0 Å². The SMILES string of the molecule is NC1Cc2cc3c(cc2C1)OC(=O)CCC3. The highest BCUT2D eigenvalue weighted by molar-refractivity contribution is 5.73. The number of carbonyl (C=O) groups excluding carboxylic acids is 1. The van der Waals surface area contributed by atoms with E-state index in [-0.39, 0.29) is 12.0 Å². The molecule has 1 heterocycles. The number of hydrogen-bond acceptors (Lipinski definition) is 3. The monoisotopic (exact) mass is 217 g/mol. The lowest BCUT2D eigenvalue weighted by atomic mass is 10.0. The van der Waals surface area contributed by atoms with Crippen LogP contribution >= 0.6 is 0 Å². The Kier molecular flexibility index (Phi) is 2.21. The maximum Gasteiger partial charge on any atom is 0.311 e. The molecule has 1 aromatic carbocycles. The summed E-state index contributed by atoms with van der Waals surface area (Å²) in [4.78, 5) is 11.4. The zero-order chi connectivity index (χ0) is 11.1. The smallest absolute Gasteiger partial charge is 0.311 e. The number of carbonyl (C=O) groups is 1. The highest BCUT2D eigenvalue weighted by atomic mass is 16.5. The van der Waals surface area contributed by atoms with Crippen molar-refractivity contribution in [2.75, 3.05) is 0 Å². The summed E-state index contributed by atoms with van der Waals surface area (Å²) >= 11 is 0. The molecular weight excluding hydrogens is 202 g/mol. The van der Waals surface area contributed by atoms with Crippen LogP contribution in [-0.4, -0.2) is 12.0 Å². The molecular formula is C13H15NO2. The fourth-order valence-electron chi connectivity index (χ4n) is 2.62. The minimum absolute atomic E-state index is 0.110. The van der Waals surface area contributed by atoms with Crippen LogP contribution in [0.1, 0.15) is 29.5 Å². The van der Waals surface area contributed by atoms with E-state index < -0.39 is 0 Å². The molecule has 0 saturated carbocycles. The Labute approximate surface area is 94.6 Å². The molecule has 16 heavy (non-hydrogen) atoms. The van der Waals surface area contributed by atoms with Crippen LogP contribution in [0.3, 0.4) is 0 Å². The quantitative estimate of drug-likeness (QED) is 0.527. The van der Waals surface area contributed by atoms with Gasteiger partial charge in [-0.05, 0) is 48.4 Å². The number of fused-ring (bicyclic) bond motifs is 2. The summed E-state index contributed by atoms with van der Waals surface area (Å²) < 4.78 is 5.34. The predicted octanol–water partition coefficient (Wildman–Crippen LogP) is 1.35. The largest absolute Gasteiger partial charge is 0.426 e. The lowest BCUT2D eigenvalue weighted by molar-refractivity contribution is -0.134. The summed E-state index contributed by atoms with van der Waals surface area (Å²) in [5.41, 5.74) is 9.69. The van der Waals surface area contributed by atoms with Gasteiger partial charge < -0.3 is 10.5 Å². The molecule has 0 bridgehead atoms. The van der Waals surface area contributed by atoms with E-state index in [2.05, 4.69) is 6.07 Å². The summed E-state index contributed by atoms with van der Waals surface area (Å²) in [6.45, 7) is 0. The van der Waals surface area contributed by atoms with Gasteiger partial charge in [-0.1, -0.05) is 6.07 Å². The number of aryl methyl sites for hydroxylation is 1. The molecule has 3 nitrogen and oxygen atoms in total. The van der Waals surface area contributed by atoms with Gasteiger partial charge in [0.1, 0.15) is 5.75 Å². The average Bonchev–Trinajstić information content (AvgIpc) is 2.47. The minimum atomic E-state index is -0.110. The summed E-state index contributed by atoms with van der Waals surface area (Å²) in [7, 11) is 0. The molecule has 0 aromatic heterocycles. The average molecular weight is 217 g/mol. The minimum Gasteiger partial charge on any atom is -0.426 e. The second-order valence-corrected chi connectivity index (χ2v) is 4.72. The Hall–Kier alpha value is -1.35. The summed E-state index contributed by atoms with van der Waals surface area (Å²) in [6, 6.07) is 4.42. The molecule has 0 radical (unpaired) electrons. The molecule has 2 aliphatic rings. The van der Waals surface area contributed by atoms with Crippen LogP contribution in [0, 0.1) is 0 Å². The van der Waals surface area contributed by atoms with Crippen LogP contribution in [-0.2, 0) is 24.1 Å². The molecule has 3 rings (SSSR count). The molecule has 84 valence electrons. The third-order valence-corrected chi connectivity index (χ3v) is 3.40. The van der Waals surface area contributed by atoms with Gasteiger partial charge in [0, 0.05) is 12.5 Å². The lowest BCUT2D eigenvalue weighted by Gasteiger charge is -2.08. The fourth-order valence-corrected chi connectivity index (χ4v) is 2.62. The first-order chi connectivity index (χ1) is 7.72. The number of hydrogen-bond donors (Lipinski definition) is 1. The van der Waals surface area contributed by atoms with E-state index in [9.17, 15) is 4.79 Å². The molecule has 1 unspecified atom stereocenters. The van der Waals surface area contributed by atoms with Gasteiger partial charge in [-0.3, -0.25) is 4.79 Å². The van der Waals surface area contributed by atoms with Gasteiger partial charge in [-0.2, -0.15) is 0 Å². The third-order valence-electron chi connectivity index (χ3n) is 3.40. The Balaban J connectivity index is 2.03. The van der Waals surface area contributed by atoms with Crippen molar-refractivity contribution in [3.8, 4) is 5.75 Å². The van der Waals surface area contributed by atoms with Crippen LogP contribution in [0.2, 0.25) is 0 Å². The van der Waals surface area contributed by atoms with E-state index >= 15 is 0 Å². The van der Waals surface area contributed by atoms with Gasteiger partial charge >= 0.3 is 5.97 Å². The van der Waals surface area contributed by atoms with E-state index in [1.807, 2.05) is 6.07 Å². The number of ether oxygens (including phenoxy) is 1. The van der Waals surface area contributed by atoms with Gasteiger partial charge in [0.2, 0.25) is 0 Å². The first-order valence-electron chi connectivity index (χ1n) is 5.83. The first-order valence-corrected chi connectivity index (χ1v) is 5.83. The molecule has 0 spiro atoms. The predicted molar refractivity (Wildman–Crippen MR) is 60.4 cm³/mol. The normalized spacial score (nSPS) is 23.3. The molecule has 0 fully saturated rings. The van der Waals surface area contributed by atoms with Crippen LogP contribution in [0.25, 0.3) is 0 Å². The molecule has 1 aliphatic carbocycles. The second-order valence-electron chi connectivity index (χ2n) is 4.72. The Bertz CT molecular complexity index is 453. The highest BCUT2D eigenvalue weighted by Gasteiger charge is 2.23. The van der Waals surface area contributed by atoms with Crippen LogP contribution in [0.5, 0.6) is 5.75 Å². The van der Waals surface area contributed by atoms with Crippen molar-refractivity contribution in [1.29, 1.82) is 0 Å². The van der Waals surface area contributed by atoms with Gasteiger partial charge in [0.25, 0.3) is 0 Å². The lowest BCUT2D eigenvalue weighted by Crippen LogP contribution is -2.19. The van der Waals surface area contributed by atoms with Gasteiger partial charge in [0.05, 0.1) is 0 Å². The van der Waals surface area contributed by atoms with Crippen LogP contribution in [0.4, 0.5) is 0 Å². The number of nitrogens with two attached hydrogens (primary N) is 1. The molecule has 1 atom stereocenters. The molecule has 1 aromatic rings. The third kappa shape index (κ3) is 1.61. The van der Waals surface area contributed by atoms with Gasteiger partial charge in [-0.25, -0.2) is 0 Å². The van der Waals surface area contributed by atoms with Crippen molar-refractivity contribution < 1.29 is 9.53 Å². The van der Waals surface area contributed by atoms with Crippen molar-refractivity contribution in [2.24, 2.45) is 5.73 Å². The number of esters is 1. The fraction of sp³-hybridized carbons (Fsp3) is 0.462. The molecule has 3 heteroatoms. The maximum atomic E-state index is 11.4. The second kappa shape index (κ2) is 3.59. The maximum absolute atomic E-state index is 11.4. The van der Waals surface area contributed by atoms with Crippen molar-refractivity contribution in [1.82, 2.24) is 0 Å². The zero-order valence-corrected chi connectivity index (χ0v) is 9.16. The summed E-state index contributed by atoms with van der Waals surface area (Å²) in [5.74, 6) is 0.649. The standard InChI is InChI=1S/C13H15NO2/c14-11-5-9-4-8-2-1-3-13(15)16-12(8)7-10(9)6-11/h4,7,11H,1-3,5-6,14H2.